The monoisotopic (exact) mass is 254 g/mol. The van der Waals surface area contributed by atoms with E-state index < -0.39 is 5.97 Å². The molecular formula is C14H26N2O2. The van der Waals surface area contributed by atoms with E-state index >= 15 is 0 Å². The van der Waals surface area contributed by atoms with Crippen molar-refractivity contribution >= 4 is 5.97 Å². The Morgan fingerprint density at radius 3 is 2.78 bits per heavy atom. The van der Waals surface area contributed by atoms with Gasteiger partial charge in [-0.1, -0.05) is 13.8 Å². The van der Waals surface area contributed by atoms with Gasteiger partial charge in [0.2, 0.25) is 0 Å². The minimum atomic E-state index is -0.696. The molecular weight excluding hydrogens is 228 g/mol. The first kappa shape index (κ1) is 13.8. The molecule has 0 spiro atoms. The second kappa shape index (κ2) is 5.57. The zero-order valence-corrected chi connectivity index (χ0v) is 11.6. The number of hydrogen-bond donors (Lipinski definition) is 2. The summed E-state index contributed by atoms with van der Waals surface area (Å²) in [7, 11) is 0. The Kier molecular flexibility index (Phi) is 4.28. The second-order valence-corrected chi connectivity index (χ2v) is 6.66. The number of nitrogens with one attached hydrogen (secondary N) is 1. The first-order valence-corrected chi connectivity index (χ1v) is 7.17. The number of piperidine rings is 1. The van der Waals surface area contributed by atoms with Gasteiger partial charge in [-0.2, -0.15) is 0 Å². The fraction of sp³-hybridized carbons (Fsp3) is 0.929. The van der Waals surface area contributed by atoms with E-state index in [1.807, 2.05) is 0 Å². The number of rotatable bonds is 6. The average Bonchev–Trinajstić information content (AvgIpc) is 3.06. The molecule has 0 radical (unpaired) electrons. The van der Waals surface area contributed by atoms with Crippen molar-refractivity contribution in [3.63, 3.8) is 0 Å². The molecule has 2 rings (SSSR count). The van der Waals surface area contributed by atoms with Gasteiger partial charge >= 0.3 is 5.97 Å². The summed E-state index contributed by atoms with van der Waals surface area (Å²) in [5, 5.41) is 12.4. The zero-order chi connectivity index (χ0) is 13.2. The summed E-state index contributed by atoms with van der Waals surface area (Å²) < 4.78 is 0. The molecule has 18 heavy (non-hydrogen) atoms. The van der Waals surface area contributed by atoms with Gasteiger partial charge in [0.25, 0.3) is 0 Å². The fourth-order valence-corrected chi connectivity index (χ4v) is 2.86. The Balaban J connectivity index is 1.75. The van der Waals surface area contributed by atoms with Gasteiger partial charge in [0.05, 0.1) is 0 Å². The minimum absolute atomic E-state index is 0.359. The maximum absolute atomic E-state index is 11.2. The molecule has 4 heteroatoms. The molecule has 0 aromatic carbocycles. The Morgan fingerprint density at radius 2 is 2.22 bits per heavy atom. The maximum Gasteiger partial charge on any atom is 0.320 e. The molecule has 0 amide bonds. The third-order valence-corrected chi connectivity index (χ3v) is 4.03. The van der Waals surface area contributed by atoms with E-state index in [0.29, 0.717) is 11.5 Å². The Morgan fingerprint density at radius 1 is 1.50 bits per heavy atom. The van der Waals surface area contributed by atoms with Crippen LogP contribution in [0.25, 0.3) is 0 Å². The van der Waals surface area contributed by atoms with Crippen LogP contribution in [0, 0.1) is 5.41 Å². The van der Waals surface area contributed by atoms with Crippen LogP contribution in [0.3, 0.4) is 0 Å². The summed E-state index contributed by atoms with van der Waals surface area (Å²) in [5.41, 5.74) is 0.390. The topological polar surface area (TPSA) is 52.6 Å². The summed E-state index contributed by atoms with van der Waals surface area (Å²) in [6, 6.07) is 0.103. The van der Waals surface area contributed by atoms with Crippen LogP contribution in [0.1, 0.15) is 46.0 Å². The summed E-state index contributed by atoms with van der Waals surface area (Å²) in [6.45, 7) is 7.73. The maximum atomic E-state index is 11.2. The van der Waals surface area contributed by atoms with Crippen molar-refractivity contribution in [1.29, 1.82) is 0 Å². The summed E-state index contributed by atoms with van der Waals surface area (Å²) in [6.07, 6.45) is 5.52. The fourth-order valence-electron chi connectivity index (χ4n) is 2.86. The van der Waals surface area contributed by atoms with E-state index in [-0.39, 0.29) is 6.04 Å². The van der Waals surface area contributed by atoms with Crippen molar-refractivity contribution in [1.82, 2.24) is 10.2 Å². The van der Waals surface area contributed by atoms with Crippen LogP contribution in [0.4, 0.5) is 0 Å². The summed E-state index contributed by atoms with van der Waals surface area (Å²) in [4.78, 5) is 13.6. The van der Waals surface area contributed by atoms with E-state index in [2.05, 4.69) is 24.1 Å². The standard InChI is InChI=1S/C14H26N2O2/c1-14(2)7-3-8-16(10-14)9-6-12(13(17)18)15-11-4-5-11/h11-12,15H,3-10H2,1-2H3,(H,17,18). The second-order valence-electron chi connectivity index (χ2n) is 6.66. The van der Waals surface area contributed by atoms with Gasteiger partial charge in [-0.25, -0.2) is 0 Å². The molecule has 2 aliphatic rings. The number of aliphatic carboxylic acids is 1. The van der Waals surface area contributed by atoms with Crippen molar-refractivity contribution in [2.75, 3.05) is 19.6 Å². The number of carboxylic acid groups (broad SMARTS) is 1. The van der Waals surface area contributed by atoms with Gasteiger partial charge in [-0.05, 0) is 44.1 Å². The smallest absolute Gasteiger partial charge is 0.320 e. The number of hydrogen-bond acceptors (Lipinski definition) is 3. The lowest BCUT2D eigenvalue weighted by atomic mass is 9.84. The lowest BCUT2D eigenvalue weighted by Crippen LogP contribution is -2.44. The van der Waals surface area contributed by atoms with Crippen LogP contribution in [0.15, 0.2) is 0 Å². The predicted molar refractivity (Wildman–Crippen MR) is 71.7 cm³/mol. The lowest BCUT2D eigenvalue weighted by molar-refractivity contribution is -0.139. The third-order valence-electron chi connectivity index (χ3n) is 4.03. The SMILES string of the molecule is CC1(C)CCCN(CCC(NC2CC2)C(=O)O)C1. The minimum Gasteiger partial charge on any atom is -0.480 e. The van der Waals surface area contributed by atoms with Crippen LogP contribution in [0.2, 0.25) is 0 Å². The van der Waals surface area contributed by atoms with E-state index in [9.17, 15) is 9.90 Å². The highest BCUT2D eigenvalue weighted by atomic mass is 16.4. The average molecular weight is 254 g/mol. The van der Waals surface area contributed by atoms with Gasteiger partial charge in [-0.15, -0.1) is 0 Å². The van der Waals surface area contributed by atoms with Crippen LogP contribution < -0.4 is 5.32 Å². The van der Waals surface area contributed by atoms with E-state index in [4.69, 9.17) is 0 Å². The van der Waals surface area contributed by atoms with Crippen LogP contribution >= 0.6 is 0 Å². The molecule has 1 aliphatic heterocycles. The Labute approximate surface area is 110 Å². The highest BCUT2D eigenvalue weighted by molar-refractivity contribution is 5.73. The quantitative estimate of drug-likeness (QED) is 0.757. The molecule has 2 N–H and O–H groups in total. The zero-order valence-electron chi connectivity index (χ0n) is 11.6. The highest BCUT2D eigenvalue weighted by Crippen LogP contribution is 2.28. The summed E-state index contributed by atoms with van der Waals surface area (Å²) in [5.74, 6) is -0.696. The molecule has 4 nitrogen and oxygen atoms in total. The van der Waals surface area contributed by atoms with Gasteiger partial charge in [-0.3, -0.25) is 4.79 Å². The number of carbonyl (C=O) groups is 1. The van der Waals surface area contributed by atoms with Gasteiger partial charge in [0, 0.05) is 19.1 Å². The lowest BCUT2D eigenvalue weighted by Gasteiger charge is -2.38. The van der Waals surface area contributed by atoms with Crippen molar-refractivity contribution in [3.8, 4) is 0 Å². The molecule has 0 bridgehead atoms. The van der Waals surface area contributed by atoms with E-state index in [1.165, 1.54) is 12.8 Å². The Hall–Kier alpha value is -0.610. The van der Waals surface area contributed by atoms with Crippen LogP contribution in [0.5, 0.6) is 0 Å². The first-order valence-electron chi connectivity index (χ1n) is 7.17. The molecule has 0 aromatic heterocycles. The molecule has 2 fully saturated rings. The molecule has 1 atom stereocenters. The predicted octanol–water partition coefficient (Wildman–Crippen LogP) is 1.70. The number of carboxylic acids is 1. The van der Waals surface area contributed by atoms with Crippen molar-refractivity contribution in [2.45, 2.75) is 58.0 Å². The molecule has 1 saturated heterocycles. The number of likely N-dealkylation sites (tertiary alicyclic amines) is 1. The molecule has 1 heterocycles. The van der Waals surface area contributed by atoms with Crippen molar-refractivity contribution < 1.29 is 9.90 Å². The molecule has 1 unspecified atom stereocenters. The van der Waals surface area contributed by atoms with E-state index in [1.54, 1.807) is 0 Å². The molecule has 104 valence electrons. The van der Waals surface area contributed by atoms with Crippen molar-refractivity contribution in [2.24, 2.45) is 5.41 Å². The highest BCUT2D eigenvalue weighted by Gasteiger charge is 2.30. The normalized spacial score (nSPS) is 25.9. The molecule has 1 aliphatic carbocycles. The van der Waals surface area contributed by atoms with Gasteiger partial charge in [0.15, 0.2) is 0 Å². The summed E-state index contributed by atoms with van der Waals surface area (Å²) >= 11 is 0. The van der Waals surface area contributed by atoms with Gasteiger partial charge in [0.1, 0.15) is 6.04 Å². The first-order chi connectivity index (χ1) is 8.46. The molecule has 0 aromatic rings. The number of nitrogens with zero attached hydrogens (tertiary/aromatic N) is 1. The van der Waals surface area contributed by atoms with Crippen LogP contribution in [-0.4, -0.2) is 47.7 Å². The van der Waals surface area contributed by atoms with Gasteiger partial charge < -0.3 is 15.3 Å². The third kappa shape index (κ3) is 4.25. The largest absolute Gasteiger partial charge is 0.480 e. The van der Waals surface area contributed by atoms with Crippen molar-refractivity contribution in [3.05, 3.63) is 0 Å². The van der Waals surface area contributed by atoms with E-state index in [0.717, 1.165) is 38.9 Å². The van der Waals surface area contributed by atoms with Crippen LogP contribution in [-0.2, 0) is 4.79 Å². The molecule has 1 saturated carbocycles. The Bertz CT molecular complexity index is 300.